The fraction of sp³-hybridized carbons (Fsp3) is 0.429. The average molecular weight is 280 g/mol. The molecule has 0 atom stereocenters. The molecule has 1 fully saturated rings. The Balaban J connectivity index is 1.83. The van der Waals surface area contributed by atoms with E-state index in [4.69, 9.17) is 0 Å². The molecule has 0 unspecified atom stereocenters. The fourth-order valence-electron chi connectivity index (χ4n) is 2.07. The molecule has 6 heteroatoms. The smallest absolute Gasteiger partial charge is 0.254 e. The van der Waals surface area contributed by atoms with Crippen molar-refractivity contribution < 1.29 is 19.1 Å². The van der Waals surface area contributed by atoms with E-state index >= 15 is 0 Å². The Morgan fingerprint density at radius 1 is 1.40 bits per heavy atom. The standard InChI is InChI=1S/C14H17FN2O3/c1-2-14(20)8-17(9-14)12(18)7-16-13(19)10-5-3-4-6-11(10)15/h3-6,20H,2,7-9H2,1H3,(H,16,19). The number of likely N-dealkylation sites (tertiary alicyclic amines) is 1. The quantitative estimate of drug-likeness (QED) is 0.845. The number of amides is 2. The third kappa shape index (κ3) is 2.96. The molecule has 2 N–H and O–H groups in total. The van der Waals surface area contributed by atoms with Crippen molar-refractivity contribution in [2.24, 2.45) is 0 Å². The van der Waals surface area contributed by atoms with Crippen LogP contribution in [0, 0.1) is 5.82 Å². The summed E-state index contributed by atoms with van der Waals surface area (Å²) in [6.45, 7) is 2.20. The molecule has 0 aliphatic carbocycles. The van der Waals surface area contributed by atoms with Gasteiger partial charge >= 0.3 is 0 Å². The molecule has 1 aromatic carbocycles. The van der Waals surface area contributed by atoms with Gasteiger partial charge in [-0.25, -0.2) is 4.39 Å². The number of carbonyl (C=O) groups excluding carboxylic acids is 2. The van der Waals surface area contributed by atoms with Crippen LogP contribution in [0.5, 0.6) is 0 Å². The zero-order valence-corrected chi connectivity index (χ0v) is 11.2. The summed E-state index contributed by atoms with van der Waals surface area (Å²) in [5.74, 6) is -1.53. The SMILES string of the molecule is CCC1(O)CN(C(=O)CNC(=O)c2ccccc2F)C1. The summed E-state index contributed by atoms with van der Waals surface area (Å²) in [5.41, 5.74) is -0.889. The number of hydrogen-bond acceptors (Lipinski definition) is 3. The summed E-state index contributed by atoms with van der Waals surface area (Å²) in [5, 5.41) is 12.2. The molecular weight excluding hydrogens is 263 g/mol. The van der Waals surface area contributed by atoms with E-state index in [1.54, 1.807) is 6.07 Å². The van der Waals surface area contributed by atoms with Gasteiger partial charge in [0.25, 0.3) is 5.91 Å². The van der Waals surface area contributed by atoms with E-state index in [1.807, 2.05) is 6.92 Å². The first kappa shape index (κ1) is 14.5. The highest BCUT2D eigenvalue weighted by Gasteiger charge is 2.41. The largest absolute Gasteiger partial charge is 0.386 e. The first-order valence-electron chi connectivity index (χ1n) is 6.48. The molecule has 1 heterocycles. The van der Waals surface area contributed by atoms with Gasteiger partial charge in [0.05, 0.1) is 30.8 Å². The van der Waals surface area contributed by atoms with Crippen molar-refractivity contribution in [2.45, 2.75) is 18.9 Å². The van der Waals surface area contributed by atoms with Gasteiger partial charge in [0, 0.05) is 0 Å². The number of halogens is 1. The highest BCUT2D eigenvalue weighted by molar-refractivity contribution is 5.96. The molecule has 1 saturated heterocycles. The topological polar surface area (TPSA) is 69.6 Å². The molecule has 2 rings (SSSR count). The van der Waals surface area contributed by atoms with Crippen LogP contribution in [0.2, 0.25) is 0 Å². The molecule has 5 nitrogen and oxygen atoms in total. The van der Waals surface area contributed by atoms with Crippen molar-refractivity contribution in [3.63, 3.8) is 0 Å². The van der Waals surface area contributed by atoms with Gasteiger partial charge in [-0.15, -0.1) is 0 Å². The maximum absolute atomic E-state index is 13.4. The minimum atomic E-state index is -0.800. The van der Waals surface area contributed by atoms with Crippen LogP contribution in [0.25, 0.3) is 0 Å². The Labute approximate surface area is 116 Å². The van der Waals surface area contributed by atoms with Gasteiger partial charge in [0.1, 0.15) is 5.82 Å². The molecule has 1 aromatic rings. The normalized spacial score (nSPS) is 16.4. The summed E-state index contributed by atoms with van der Waals surface area (Å²) < 4.78 is 13.4. The number of hydrogen-bond donors (Lipinski definition) is 2. The van der Waals surface area contributed by atoms with Crippen LogP contribution < -0.4 is 5.32 Å². The zero-order valence-electron chi connectivity index (χ0n) is 11.2. The lowest BCUT2D eigenvalue weighted by molar-refractivity contribution is -0.154. The lowest BCUT2D eigenvalue weighted by Gasteiger charge is -2.46. The second-order valence-corrected chi connectivity index (χ2v) is 4.99. The highest BCUT2D eigenvalue weighted by atomic mass is 19.1. The number of carbonyl (C=O) groups is 2. The van der Waals surface area contributed by atoms with Gasteiger partial charge in [-0.2, -0.15) is 0 Å². The summed E-state index contributed by atoms with van der Waals surface area (Å²) in [7, 11) is 0. The molecule has 108 valence electrons. The minimum absolute atomic E-state index is 0.0889. The van der Waals surface area contributed by atoms with E-state index in [-0.39, 0.29) is 31.1 Å². The third-order valence-electron chi connectivity index (χ3n) is 3.50. The number of benzene rings is 1. The first-order chi connectivity index (χ1) is 9.45. The van der Waals surface area contributed by atoms with E-state index < -0.39 is 17.3 Å². The Kier molecular flexibility index (Phi) is 4.04. The first-order valence-corrected chi connectivity index (χ1v) is 6.48. The van der Waals surface area contributed by atoms with Gasteiger partial charge in [-0.3, -0.25) is 9.59 Å². The van der Waals surface area contributed by atoms with Gasteiger partial charge in [0.15, 0.2) is 0 Å². The van der Waals surface area contributed by atoms with Gasteiger partial charge < -0.3 is 15.3 Å². The zero-order chi connectivity index (χ0) is 14.8. The monoisotopic (exact) mass is 280 g/mol. The molecule has 0 aromatic heterocycles. The maximum Gasteiger partial charge on any atom is 0.254 e. The van der Waals surface area contributed by atoms with E-state index in [0.717, 1.165) is 0 Å². The predicted octanol–water partition coefficient (Wildman–Crippen LogP) is 0.539. The van der Waals surface area contributed by atoms with E-state index in [1.165, 1.54) is 23.1 Å². The molecule has 1 aliphatic rings. The highest BCUT2D eigenvalue weighted by Crippen LogP contribution is 2.23. The molecular formula is C14H17FN2O3. The summed E-state index contributed by atoms with van der Waals surface area (Å²) in [6.07, 6.45) is 0.582. The van der Waals surface area contributed by atoms with Crippen LogP contribution in [0.4, 0.5) is 4.39 Å². The Hall–Kier alpha value is -1.95. The Morgan fingerprint density at radius 3 is 2.65 bits per heavy atom. The van der Waals surface area contributed by atoms with Crippen molar-refractivity contribution >= 4 is 11.8 Å². The maximum atomic E-state index is 13.4. The number of β-amino-alcohol motifs (C(OH)–C–C–N with tert-alkyl or cyclic N) is 1. The second kappa shape index (κ2) is 5.58. The molecule has 20 heavy (non-hydrogen) atoms. The molecule has 2 amide bonds. The molecule has 0 bridgehead atoms. The van der Waals surface area contributed by atoms with Crippen LogP contribution in [-0.2, 0) is 4.79 Å². The van der Waals surface area contributed by atoms with Gasteiger partial charge in [0.2, 0.25) is 5.91 Å². The minimum Gasteiger partial charge on any atom is -0.386 e. The van der Waals surface area contributed by atoms with Gasteiger partial charge in [-0.1, -0.05) is 19.1 Å². The van der Waals surface area contributed by atoms with Crippen LogP contribution >= 0.6 is 0 Å². The number of rotatable bonds is 4. The van der Waals surface area contributed by atoms with Crippen molar-refractivity contribution in [3.8, 4) is 0 Å². The van der Waals surface area contributed by atoms with Gasteiger partial charge in [-0.05, 0) is 18.6 Å². The average Bonchev–Trinajstić information content (AvgIpc) is 2.41. The van der Waals surface area contributed by atoms with Crippen molar-refractivity contribution in [2.75, 3.05) is 19.6 Å². The van der Waals surface area contributed by atoms with E-state index in [2.05, 4.69) is 5.32 Å². The van der Waals surface area contributed by atoms with E-state index in [9.17, 15) is 19.1 Å². The number of aliphatic hydroxyl groups is 1. The molecule has 0 spiro atoms. The van der Waals surface area contributed by atoms with Crippen molar-refractivity contribution in [1.29, 1.82) is 0 Å². The van der Waals surface area contributed by atoms with Crippen molar-refractivity contribution in [3.05, 3.63) is 35.6 Å². The second-order valence-electron chi connectivity index (χ2n) is 4.99. The lowest BCUT2D eigenvalue weighted by atomic mass is 9.91. The van der Waals surface area contributed by atoms with Crippen LogP contribution in [0.1, 0.15) is 23.7 Å². The van der Waals surface area contributed by atoms with Crippen molar-refractivity contribution in [1.82, 2.24) is 10.2 Å². The Morgan fingerprint density at radius 2 is 2.05 bits per heavy atom. The molecule has 0 radical (unpaired) electrons. The van der Waals surface area contributed by atoms with Crippen LogP contribution in [0.15, 0.2) is 24.3 Å². The summed E-state index contributed by atoms with van der Waals surface area (Å²) in [6, 6.07) is 5.58. The van der Waals surface area contributed by atoms with E-state index in [0.29, 0.717) is 6.42 Å². The predicted molar refractivity (Wildman–Crippen MR) is 70.6 cm³/mol. The molecule has 1 aliphatic heterocycles. The van der Waals surface area contributed by atoms with Crippen LogP contribution in [-0.4, -0.2) is 47.1 Å². The number of nitrogens with zero attached hydrogens (tertiary/aromatic N) is 1. The number of nitrogens with one attached hydrogen (secondary N) is 1. The Bertz CT molecular complexity index is 527. The fourth-order valence-corrected chi connectivity index (χ4v) is 2.07. The third-order valence-corrected chi connectivity index (χ3v) is 3.50. The lowest BCUT2D eigenvalue weighted by Crippen LogP contribution is -2.64. The summed E-state index contributed by atoms with van der Waals surface area (Å²) in [4.78, 5) is 24.9. The summed E-state index contributed by atoms with van der Waals surface area (Å²) >= 11 is 0. The van der Waals surface area contributed by atoms with Crippen LogP contribution in [0.3, 0.4) is 0 Å². The molecule has 0 saturated carbocycles.